The SMILES string of the molecule is CNS(=O)(=O)C1(C)CC([N+](=O)[O-])=CC=C1C. The molecule has 0 aromatic heterocycles. The van der Waals surface area contributed by atoms with E-state index in [2.05, 4.69) is 4.72 Å². The van der Waals surface area contributed by atoms with E-state index in [0.29, 0.717) is 5.57 Å². The number of hydrogen-bond donors (Lipinski definition) is 1. The number of rotatable bonds is 3. The van der Waals surface area contributed by atoms with Crippen LogP contribution in [0.4, 0.5) is 0 Å². The molecular weight excluding hydrogens is 232 g/mol. The lowest BCUT2D eigenvalue weighted by atomic mass is 9.92. The van der Waals surface area contributed by atoms with Crippen LogP contribution in [0.1, 0.15) is 20.3 Å². The molecule has 1 unspecified atom stereocenters. The molecule has 7 heteroatoms. The minimum atomic E-state index is -3.60. The average Bonchev–Trinajstić information content (AvgIpc) is 2.21. The molecule has 0 radical (unpaired) electrons. The highest BCUT2D eigenvalue weighted by Crippen LogP contribution is 2.35. The third-order valence-electron chi connectivity index (χ3n) is 2.97. The van der Waals surface area contributed by atoms with Crippen LogP contribution < -0.4 is 4.72 Å². The second-order valence-corrected chi connectivity index (χ2v) is 6.20. The van der Waals surface area contributed by atoms with Gasteiger partial charge in [0.2, 0.25) is 15.7 Å². The van der Waals surface area contributed by atoms with Gasteiger partial charge in [0, 0.05) is 6.08 Å². The maximum absolute atomic E-state index is 11.9. The first-order valence-corrected chi connectivity index (χ1v) is 6.18. The van der Waals surface area contributed by atoms with Crippen molar-refractivity contribution < 1.29 is 13.3 Å². The number of sulfonamides is 1. The third-order valence-corrected chi connectivity index (χ3v) is 5.16. The van der Waals surface area contributed by atoms with Crippen LogP contribution in [0.15, 0.2) is 23.4 Å². The lowest BCUT2D eigenvalue weighted by molar-refractivity contribution is -0.428. The van der Waals surface area contributed by atoms with E-state index < -0.39 is 19.7 Å². The van der Waals surface area contributed by atoms with E-state index in [4.69, 9.17) is 0 Å². The predicted molar refractivity (Wildman–Crippen MR) is 59.8 cm³/mol. The molecule has 0 saturated carbocycles. The molecule has 6 nitrogen and oxygen atoms in total. The van der Waals surface area contributed by atoms with Gasteiger partial charge in [-0.2, -0.15) is 0 Å². The normalized spacial score (nSPS) is 25.9. The standard InChI is InChI=1S/C9H14N2O4S/c1-7-4-5-8(11(12)13)6-9(7,2)16(14,15)10-3/h4-5,10H,6H2,1-3H3. The smallest absolute Gasteiger partial charge is 0.248 e. The minimum absolute atomic E-state index is 0.0908. The second-order valence-electron chi connectivity index (χ2n) is 3.88. The number of nitrogens with one attached hydrogen (secondary N) is 1. The maximum Gasteiger partial charge on any atom is 0.248 e. The summed E-state index contributed by atoms with van der Waals surface area (Å²) in [5.41, 5.74) is 0.499. The zero-order valence-electron chi connectivity index (χ0n) is 9.35. The average molecular weight is 246 g/mol. The molecule has 0 saturated heterocycles. The monoisotopic (exact) mass is 246 g/mol. The summed E-state index contributed by atoms with van der Waals surface area (Å²) in [4.78, 5) is 10.1. The van der Waals surface area contributed by atoms with Crippen LogP contribution in [0.2, 0.25) is 0 Å². The number of hydrogen-bond acceptors (Lipinski definition) is 4. The van der Waals surface area contributed by atoms with Gasteiger partial charge in [-0.3, -0.25) is 10.1 Å². The largest absolute Gasteiger partial charge is 0.259 e. The summed E-state index contributed by atoms with van der Waals surface area (Å²) in [5, 5.41) is 10.7. The molecular formula is C9H14N2O4S. The zero-order chi connectivity index (χ0) is 12.6. The van der Waals surface area contributed by atoms with Crippen molar-refractivity contribution in [2.24, 2.45) is 0 Å². The Kier molecular flexibility index (Phi) is 3.20. The Hall–Kier alpha value is -1.21. The molecule has 1 aliphatic rings. The summed E-state index contributed by atoms with van der Waals surface area (Å²) >= 11 is 0. The van der Waals surface area contributed by atoms with E-state index in [9.17, 15) is 18.5 Å². The molecule has 0 bridgehead atoms. The van der Waals surface area contributed by atoms with E-state index in [0.717, 1.165) is 0 Å². The lowest BCUT2D eigenvalue weighted by Crippen LogP contribution is -2.45. The first-order valence-electron chi connectivity index (χ1n) is 4.70. The van der Waals surface area contributed by atoms with Gasteiger partial charge in [-0.05, 0) is 20.9 Å². The van der Waals surface area contributed by atoms with Gasteiger partial charge in [-0.25, -0.2) is 13.1 Å². The Bertz CT molecular complexity index is 478. The highest BCUT2D eigenvalue weighted by molar-refractivity contribution is 7.91. The first-order chi connectivity index (χ1) is 7.24. The Balaban J connectivity index is 3.26. The van der Waals surface area contributed by atoms with Crippen molar-refractivity contribution >= 4 is 10.0 Å². The molecule has 0 fully saturated rings. The van der Waals surface area contributed by atoms with Gasteiger partial charge >= 0.3 is 0 Å². The van der Waals surface area contributed by atoms with Gasteiger partial charge < -0.3 is 0 Å². The molecule has 0 spiro atoms. The third kappa shape index (κ3) is 1.88. The summed E-state index contributed by atoms with van der Waals surface area (Å²) in [6, 6.07) is 0. The number of nitrogens with zero attached hydrogens (tertiary/aromatic N) is 1. The molecule has 0 aliphatic heterocycles. The van der Waals surface area contributed by atoms with Crippen LogP contribution in [0.5, 0.6) is 0 Å². The van der Waals surface area contributed by atoms with Gasteiger partial charge in [0.25, 0.3) is 0 Å². The maximum atomic E-state index is 11.9. The van der Waals surface area contributed by atoms with Gasteiger partial charge in [0.15, 0.2) is 0 Å². The molecule has 1 rings (SSSR count). The fourth-order valence-corrected chi connectivity index (χ4v) is 2.88. The van der Waals surface area contributed by atoms with E-state index in [1.54, 1.807) is 6.92 Å². The topological polar surface area (TPSA) is 89.3 Å². The molecule has 1 aliphatic carbocycles. The van der Waals surface area contributed by atoms with Crippen molar-refractivity contribution in [3.8, 4) is 0 Å². The van der Waals surface area contributed by atoms with Crippen molar-refractivity contribution in [1.29, 1.82) is 0 Å². The highest BCUT2D eigenvalue weighted by Gasteiger charge is 2.44. The van der Waals surface area contributed by atoms with Crippen molar-refractivity contribution in [3.05, 3.63) is 33.5 Å². The van der Waals surface area contributed by atoms with Crippen molar-refractivity contribution in [1.82, 2.24) is 4.72 Å². The van der Waals surface area contributed by atoms with Gasteiger partial charge in [0.05, 0.1) is 11.3 Å². The Labute approximate surface area is 94.2 Å². The van der Waals surface area contributed by atoms with E-state index in [-0.39, 0.29) is 12.1 Å². The zero-order valence-corrected chi connectivity index (χ0v) is 10.2. The lowest BCUT2D eigenvalue weighted by Gasteiger charge is -2.30. The van der Waals surface area contributed by atoms with E-state index in [1.807, 2.05) is 0 Å². The summed E-state index contributed by atoms with van der Waals surface area (Å²) in [6.45, 7) is 3.14. The van der Waals surface area contributed by atoms with Crippen molar-refractivity contribution in [2.75, 3.05) is 7.05 Å². The molecule has 0 amide bonds. The minimum Gasteiger partial charge on any atom is -0.259 e. The summed E-state index contributed by atoms with van der Waals surface area (Å²) in [7, 11) is -2.30. The predicted octanol–water partition coefficient (Wildman–Crippen LogP) is 0.805. The van der Waals surface area contributed by atoms with Gasteiger partial charge in [-0.1, -0.05) is 11.6 Å². The number of nitro groups is 1. The highest BCUT2D eigenvalue weighted by atomic mass is 32.2. The fourth-order valence-electron chi connectivity index (χ4n) is 1.60. The molecule has 1 N–H and O–H groups in total. The summed E-state index contributed by atoms with van der Waals surface area (Å²) in [6.07, 6.45) is 2.71. The second kappa shape index (κ2) is 3.99. The quantitative estimate of drug-likeness (QED) is 0.589. The molecule has 90 valence electrons. The fraction of sp³-hybridized carbons (Fsp3) is 0.556. The first kappa shape index (κ1) is 12.9. The van der Waals surface area contributed by atoms with Crippen LogP contribution in [-0.2, 0) is 10.0 Å². The molecule has 0 aromatic carbocycles. The van der Waals surface area contributed by atoms with Crippen LogP contribution in [0.3, 0.4) is 0 Å². The molecule has 1 atom stereocenters. The molecule has 16 heavy (non-hydrogen) atoms. The van der Waals surface area contributed by atoms with Crippen molar-refractivity contribution in [2.45, 2.75) is 25.0 Å². The van der Waals surface area contributed by atoms with E-state index in [1.165, 1.54) is 26.1 Å². The Morgan fingerprint density at radius 2 is 2.06 bits per heavy atom. The number of allylic oxidation sites excluding steroid dienone is 3. The van der Waals surface area contributed by atoms with E-state index >= 15 is 0 Å². The Morgan fingerprint density at radius 1 is 1.50 bits per heavy atom. The van der Waals surface area contributed by atoms with Crippen LogP contribution >= 0.6 is 0 Å². The van der Waals surface area contributed by atoms with Crippen LogP contribution in [0.25, 0.3) is 0 Å². The van der Waals surface area contributed by atoms with Crippen LogP contribution in [-0.4, -0.2) is 25.1 Å². The molecule has 0 heterocycles. The van der Waals surface area contributed by atoms with Crippen LogP contribution in [0, 0.1) is 10.1 Å². The Morgan fingerprint density at radius 3 is 2.50 bits per heavy atom. The van der Waals surface area contributed by atoms with Gasteiger partial charge in [-0.15, -0.1) is 0 Å². The van der Waals surface area contributed by atoms with Gasteiger partial charge in [0.1, 0.15) is 4.75 Å². The molecule has 0 aromatic rings. The van der Waals surface area contributed by atoms with Crippen molar-refractivity contribution in [3.63, 3.8) is 0 Å². The summed E-state index contributed by atoms with van der Waals surface area (Å²) < 4.78 is 24.7. The summed E-state index contributed by atoms with van der Waals surface area (Å²) in [5.74, 6) is 0.